The molecule has 1 aliphatic heterocycles. The molecule has 1 amide bonds. The molecule has 138 valence electrons. The topological polar surface area (TPSA) is 75.3 Å². The van der Waals surface area contributed by atoms with Crippen LogP contribution >= 0.6 is 23.4 Å². The van der Waals surface area contributed by atoms with Gasteiger partial charge in [-0.3, -0.25) is 4.79 Å². The monoisotopic (exact) mass is 410 g/mol. The van der Waals surface area contributed by atoms with E-state index in [0.717, 1.165) is 15.5 Å². The van der Waals surface area contributed by atoms with E-state index in [1.54, 1.807) is 17.8 Å². The molecule has 0 saturated carbocycles. The Morgan fingerprint density at radius 1 is 1.19 bits per heavy atom. The number of carbonyl (C=O) groups excluding carboxylic acids is 1. The Morgan fingerprint density at radius 2 is 1.96 bits per heavy atom. The minimum absolute atomic E-state index is 0.0189. The van der Waals surface area contributed by atoms with Crippen LogP contribution in [-0.4, -0.2) is 38.4 Å². The average molecular weight is 411 g/mol. The fourth-order valence-corrected chi connectivity index (χ4v) is 5.48. The fourth-order valence-electron chi connectivity index (χ4n) is 2.71. The predicted octanol–water partition coefficient (Wildman–Crippen LogP) is 3.21. The number of hydrogen-bond donors (Lipinski definition) is 2. The van der Waals surface area contributed by atoms with Crippen molar-refractivity contribution in [3.63, 3.8) is 0 Å². The zero-order chi connectivity index (χ0) is 18.6. The lowest BCUT2D eigenvalue weighted by Crippen LogP contribution is -2.39. The third-order valence-corrected chi connectivity index (χ3v) is 7.04. The van der Waals surface area contributed by atoms with Crippen LogP contribution in [0, 0.1) is 0 Å². The summed E-state index contributed by atoms with van der Waals surface area (Å²) in [7, 11) is -3.01. The number of benzene rings is 2. The standard InChI is InChI=1S/C18H19ClN2O3S2/c19-13-6-7-17(25-15-4-2-1-3-5-15)16(10-13)20-11-18(22)21-14-8-9-26(23,24)12-14/h1-7,10,14,20H,8-9,11-12H2,(H,21,22)/t14-/m0/s1. The van der Waals surface area contributed by atoms with E-state index in [1.807, 2.05) is 42.5 Å². The highest BCUT2D eigenvalue weighted by atomic mass is 35.5. The quantitative estimate of drug-likeness (QED) is 0.764. The average Bonchev–Trinajstić information content (AvgIpc) is 2.94. The van der Waals surface area contributed by atoms with Crippen LogP contribution in [0.15, 0.2) is 58.3 Å². The lowest BCUT2D eigenvalue weighted by atomic mass is 10.2. The molecular formula is C18H19ClN2O3S2. The lowest BCUT2D eigenvalue weighted by molar-refractivity contribution is -0.119. The Morgan fingerprint density at radius 3 is 2.65 bits per heavy atom. The van der Waals surface area contributed by atoms with E-state index in [4.69, 9.17) is 11.6 Å². The molecule has 0 aliphatic carbocycles. The van der Waals surface area contributed by atoms with Gasteiger partial charge in [0, 0.05) is 20.9 Å². The van der Waals surface area contributed by atoms with Gasteiger partial charge in [0.1, 0.15) is 0 Å². The van der Waals surface area contributed by atoms with E-state index in [1.165, 1.54) is 0 Å². The zero-order valence-electron chi connectivity index (χ0n) is 13.9. The molecule has 0 aromatic heterocycles. The number of nitrogens with one attached hydrogen (secondary N) is 2. The SMILES string of the molecule is O=C(CNc1cc(Cl)ccc1Sc1ccccc1)N[C@H]1CCS(=O)(=O)C1. The molecule has 26 heavy (non-hydrogen) atoms. The molecule has 5 nitrogen and oxygen atoms in total. The molecule has 1 saturated heterocycles. The van der Waals surface area contributed by atoms with Crippen molar-refractivity contribution in [2.24, 2.45) is 0 Å². The summed E-state index contributed by atoms with van der Waals surface area (Å²) >= 11 is 7.66. The first-order valence-corrected chi connectivity index (χ1v) is 11.2. The maximum absolute atomic E-state index is 12.1. The Hall–Kier alpha value is -1.70. The second kappa shape index (κ2) is 8.33. The molecule has 8 heteroatoms. The van der Waals surface area contributed by atoms with Crippen molar-refractivity contribution in [2.75, 3.05) is 23.4 Å². The van der Waals surface area contributed by atoms with Crippen molar-refractivity contribution in [3.8, 4) is 0 Å². The number of rotatable bonds is 6. The molecule has 0 unspecified atom stereocenters. The molecule has 1 fully saturated rings. The number of amides is 1. The molecular weight excluding hydrogens is 392 g/mol. The van der Waals surface area contributed by atoms with Gasteiger partial charge >= 0.3 is 0 Å². The predicted molar refractivity (Wildman–Crippen MR) is 106 cm³/mol. The number of hydrogen-bond acceptors (Lipinski definition) is 5. The van der Waals surface area contributed by atoms with Gasteiger partial charge in [0.2, 0.25) is 5.91 Å². The number of sulfone groups is 1. The van der Waals surface area contributed by atoms with Crippen molar-refractivity contribution in [3.05, 3.63) is 53.6 Å². The van der Waals surface area contributed by atoms with Gasteiger partial charge in [-0.2, -0.15) is 0 Å². The second-order valence-corrected chi connectivity index (χ2v) is 9.86. The highest BCUT2D eigenvalue weighted by Crippen LogP contribution is 2.34. The van der Waals surface area contributed by atoms with Crippen molar-refractivity contribution in [2.45, 2.75) is 22.3 Å². The van der Waals surface area contributed by atoms with E-state index in [9.17, 15) is 13.2 Å². The molecule has 2 aromatic carbocycles. The maximum Gasteiger partial charge on any atom is 0.239 e. The highest BCUT2D eigenvalue weighted by Gasteiger charge is 2.28. The van der Waals surface area contributed by atoms with E-state index >= 15 is 0 Å². The molecule has 1 aliphatic rings. The molecule has 2 aromatic rings. The van der Waals surface area contributed by atoms with Crippen LogP contribution in [-0.2, 0) is 14.6 Å². The van der Waals surface area contributed by atoms with Gasteiger partial charge in [0.25, 0.3) is 0 Å². The van der Waals surface area contributed by atoms with Gasteiger partial charge in [-0.1, -0.05) is 41.6 Å². The molecule has 2 N–H and O–H groups in total. The first-order chi connectivity index (χ1) is 12.4. The number of carbonyl (C=O) groups is 1. The van der Waals surface area contributed by atoms with E-state index < -0.39 is 9.84 Å². The van der Waals surface area contributed by atoms with Crippen LogP contribution in [0.2, 0.25) is 5.02 Å². The molecule has 0 radical (unpaired) electrons. The number of anilines is 1. The van der Waals surface area contributed by atoms with Gasteiger partial charge < -0.3 is 10.6 Å². The number of halogens is 1. The minimum Gasteiger partial charge on any atom is -0.375 e. The van der Waals surface area contributed by atoms with Crippen molar-refractivity contribution < 1.29 is 13.2 Å². The molecule has 3 rings (SSSR count). The minimum atomic E-state index is -3.01. The van der Waals surface area contributed by atoms with Gasteiger partial charge in [0.05, 0.1) is 23.7 Å². The van der Waals surface area contributed by atoms with Crippen LogP contribution in [0.3, 0.4) is 0 Å². The van der Waals surface area contributed by atoms with E-state index in [0.29, 0.717) is 11.4 Å². The first kappa shape index (κ1) is 19.1. The molecule has 0 spiro atoms. The second-order valence-electron chi connectivity index (χ2n) is 6.08. The van der Waals surface area contributed by atoms with Crippen LogP contribution < -0.4 is 10.6 Å². The van der Waals surface area contributed by atoms with Crippen molar-refractivity contribution in [1.82, 2.24) is 5.32 Å². The zero-order valence-corrected chi connectivity index (χ0v) is 16.3. The summed E-state index contributed by atoms with van der Waals surface area (Å²) in [4.78, 5) is 14.2. The van der Waals surface area contributed by atoms with Crippen molar-refractivity contribution in [1.29, 1.82) is 0 Å². The van der Waals surface area contributed by atoms with Gasteiger partial charge in [-0.25, -0.2) is 8.42 Å². The first-order valence-electron chi connectivity index (χ1n) is 8.17. The van der Waals surface area contributed by atoms with Crippen LogP contribution in [0.4, 0.5) is 5.69 Å². The molecule has 1 heterocycles. The van der Waals surface area contributed by atoms with Gasteiger partial charge in [0.15, 0.2) is 9.84 Å². The maximum atomic E-state index is 12.1. The summed E-state index contributed by atoms with van der Waals surface area (Å²) < 4.78 is 22.9. The Labute approximate surface area is 162 Å². The normalized spacial score (nSPS) is 18.4. The summed E-state index contributed by atoms with van der Waals surface area (Å²) in [5.74, 6) is -0.0783. The third kappa shape index (κ3) is 5.40. The molecule has 0 bridgehead atoms. The van der Waals surface area contributed by atoms with Crippen molar-refractivity contribution >= 4 is 44.8 Å². The Bertz CT molecular complexity index is 889. The summed E-state index contributed by atoms with van der Waals surface area (Å²) in [6.07, 6.45) is 0.473. The summed E-state index contributed by atoms with van der Waals surface area (Å²) in [5.41, 5.74) is 0.764. The van der Waals surface area contributed by atoms with E-state index in [-0.39, 0.29) is 30.0 Å². The fraction of sp³-hybridized carbons (Fsp3) is 0.278. The van der Waals surface area contributed by atoms with Crippen LogP contribution in [0.25, 0.3) is 0 Å². The molecule has 1 atom stereocenters. The van der Waals surface area contributed by atoms with Gasteiger partial charge in [-0.05, 0) is 36.8 Å². The van der Waals surface area contributed by atoms with Crippen LogP contribution in [0.1, 0.15) is 6.42 Å². The summed E-state index contributed by atoms with van der Waals surface area (Å²) in [6, 6.07) is 15.1. The Kier molecular flexibility index (Phi) is 6.11. The van der Waals surface area contributed by atoms with Gasteiger partial charge in [-0.15, -0.1) is 0 Å². The summed E-state index contributed by atoms with van der Waals surface area (Å²) in [6.45, 7) is 0.0548. The largest absolute Gasteiger partial charge is 0.375 e. The smallest absolute Gasteiger partial charge is 0.239 e. The van der Waals surface area contributed by atoms with Crippen LogP contribution in [0.5, 0.6) is 0 Å². The summed E-state index contributed by atoms with van der Waals surface area (Å²) in [5, 5.41) is 6.45. The van der Waals surface area contributed by atoms with E-state index in [2.05, 4.69) is 10.6 Å². The lowest BCUT2D eigenvalue weighted by Gasteiger charge is -2.14. The Balaban J connectivity index is 1.62. The highest BCUT2D eigenvalue weighted by molar-refractivity contribution is 7.99. The third-order valence-electron chi connectivity index (χ3n) is 3.95.